The fourth-order valence-corrected chi connectivity index (χ4v) is 2.06. The van der Waals surface area contributed by atoms with Gasteiger partial charge >= 0.3 is 0 Å². The Morgan fingerprint density at radius 2 is 2.08 bits per heavy atom. The van der Waals surface area contributed by atoms with E-state index in [9.17, 15) is 8.42 Å². The zero-order chi connectivity index (χ0) is 10.1. The highest BCUT2D eigenvalue weighted by atomic mass is 32.2. The second kappa shape index (κ2) is 3.12. The third-order valence-electron chi connectivity index (χ3n) is 1.13. The molecule has 1 aromatic rings. The van der Waals surface area contributed by atoms with Crippen molar-refractivity contribution in [3.8, 4) is 0 Å². The molecular weight excluding hydrogens is 192 g/mol. The minimum atomic E-state index is -3.53. The van der Waals surface area contributed by atoms with E-state index >= 15 is 0 Å². The standard InChI is InChI=1S/C7H12N2O3S/c1-7(2,3)9-13(10,11)6-4-12-5-8-6/h4-5,9H,1-3H3. The molecule has 0 aliphatic carbocycles. The maximum Gasteiger partial charge on any atom is 0.261 e. The van der Waals surface area contributed by atoms with Crippen LogP contribution >= 0.6 is 0 Å². The first kappa shape index (κ1) is 10.2. The summed E-state index contributed by atoms with van der Waals surface area (Å²) in [4.78, 5) is 3.55. The summed E-state index contributed by atoms with van der Waals surface area (Å²) in [6.07, 6.45) is 2.17. The van der Waals surface area contributed by atoms with Crippen LogP contribution in [0.5, 0.6) is 0 Å². The largest absolute Gasteiger partial charge is 0.450 e. The molecule has 5 nitrogen and oxygen atoms in total. The lowest BCUT2D eigenvalue weighted by Crippen LogP contribution is -2.40. The highest BCUT2D eigenvalue weighted by Gasteiger charge is 2.23. The summed E-state index contributed by atoms with van der Waals surface area (Å²) in [7, 11) is -3.53. The van der Waals surface area contributed by atoms with E-state index in [0.717, 1.165) is 12.7 Å². The molecule has 0 radical (unpaired) electrons. The van der Waals surface area contributed by atoms with E-state index in [1.54, 1.807) is 20.8 Å². The molecule has 0 atom stereocenters. The van der Waals surface area contributed by atoms with Crippen molar-refractivity contribution < 1.29 is 12.8 Å². The summed E-state index contributed by atoms with van der Waals surface area (Å²) in [5, 5.41) is -0.0950. The molecular formula is C7H12N2O3S. The number of hydrogen-bond donors (Lipinski definition) is 1. The monoisotopic (exact) mass is 204 g/mol. The Kier molecular flexibility index (Phi) is 2.44. The number of rotatable bonds is 2. The van der Waals surface area contributed by atoms with Crippen molar-refractivity contribution in [2.75, 3.05) is 0 Å². The summed E-state index contributed by atoms with van der Waals surface area (Å²) in [6.45, 7) is 5.26. The molecule has 6 heteroatoms. The smallest absolute Gasteiger partial charge is 0.261 e. The molecule has 0 unspecified atom stereocenters. The number of hydrogen-bond acceptors (Lipinski definition) is 4. The van der Waals surface area contributed by atoms with Crippen LogP contribution in [0.4, 0.5) is 0 Å². The summed E-state index contributed by atoms with van der Waals surface area (Å²) in [5.41, 5.74) is -0.516. The van der Waals surface area contributed by atoms with Gasteiger partial charge in [-0.25, -0.2) is 18.1 Å². The molecule has 0 bridgehead atoms. The van der Waals surface area contributed by atoms with Crippen LogP contribution in [0.3, 0.4) is 0 Å². The maximum atomic E-state index is 11.5. The van der Waals surface area contributed by atoms with Gasteiger partial charge in [-0.3, -0.25) is 0 Å². The number of oxazole rings is 1. The van der Waals surface area contributed by atoms with Gasteiger partial charge in [0.15, 0.2) is 6.39 Å². The molecule has 1 N–H and O–H groups in total. The molecule has 1 rings (SSSR count). The molecule has 13 heavy (non-hydrogen) atoms. The van der Waals surface area contributed by atoms with Gasteiger partial charge in [-0.05, 0) is 20.8 Å². The summed E-state index contributed by atoms with van der Waals surface area (Å²) in [6, 6.07) is 0. The highest BCUT2D eigenvalue weighted by Crippen LogP contribution is 2.09. The third-order valence-corrected chi connectivity index (χ3v) is 2.76. The molecule has 1 heterocycles. The van der Waals surface area contributed by atoms with Crippen molar-refractivity contribution in [1.29, 1.82) is 0 Å². The number of aromatic nitrogens is 1. The first-order chi connectivity index (χ1) is 5.81. The van der Waals surface area contributed by atoms with Crippen LogP contribution in [0.2, 0.25) is 0 Å². The fourth-order valence-electron chi connectivity index (χ4n) is 0.790. The first-order valence-electron chi connectivity index (χ1n) is 3.73. The minimum absolute atomic E-state index is 0.0950. The normalized spacial score (nSPS) is 13.2. The van der Waals surface area contributed by atoms with Crippen LogP contribution in [-0.2, 0) is 10.0 Å². The van der Waals surface area contributed by atoms with Gasteiger partial charge in [-0.2, -0.15) is 0 Å². The predicted octanol–water partition coefficient (Wildman–Crippen LogP) is 0.751. The number of nitrogens with one attached hydrogen (secondary N) is 1. The van der Waals surface area contributed by atoms with E-state index in [1.807, 2.05) is 0 Å². The Labute approximate surface area is 77.2 Å². The van der Waals surface area contributed by atoms with E-state index in [2.05, 4.69) is 14.1 Å². The van der Waals surface area contributed by atoms with Gasteiger partial charge in [0.2, 0.25) is 5.03 Å². The zero-order valence-corrected chi connectivity index (χ0v) is 8.55. The quantitative estimate of drug-likeness (QED) is 0.771. The van der Waals surface area contributed by atoms with Crippen molar-refractivity contribution in [3.05, 3.63) is 12.7 Å². The molecule has 0 aliphatic rings. The van der Waals surface area contributed by atoms with Gasteiger partial charge in [0, 0.05) is 5.54 Å². The SMILES string of the molecule is CC(C)(C)NS(=O)(=O)c1cocn1. The molecule has 0 spiro atoms. The highest BCUT2D eigenvalue weighted by molar-refractivity contribution is 7.89. The van der Waals surface area contributed by atoms with Crippen LogP contribution < -0.4 is 4.72 Å². The van der Waals surface area contributed by atoms with Crippen LogP contribution in [0.15, 0.2) is 22.1 Å². The summed E-state index contributed by atoms with van der Waals surface area (Å²) in [5.74, 6) is 0. The Morgan fingerprint density at radius 1 is 1.46 bits per heavy atom. The van der Waals surface area contributed by atoms with Gasteiger partial charge in [-0.15, -0.1) is 0 Å². The lowest BCUT2D eigenvalue weighted by atomic mass is 10.1. The van der Waals surface area contributed by atoms with Crippen molar-refractivity contribution in [1.82, 2.24) is 9.71 Å². The number of sulfonamides is 1. The minimum Gasteiger partial charge on any atom is -0.450 e. The van der Waals surface area contributed by atoms with Gasteiger partial charge in [-0.1, -0.05) is 0 Å². The second-order valence-electron chi connectivity index (χ2n) is 3.68. The van der Waals surface area contributed by atoms with E-state index < -0.39 is 15.6 Å². The van der Waals surface area contributed by atoms with Crippen molar-refractivity contribution in [2.45, 2.75) is 31.3 Å². The maximum absolute atomic E-state index is 11.5. The van der Waals surface area contributed by atoms with Gasteiger partial charge in [0.05, 0.1) is 0 Å². The number of nitrogens with zero attached hydrogens (tertiary/aromatic N) is 1. The van der Waals surface area contributed by atoms with Crippen LogP contribution in [0.1, 0.15) is 20.8 Å². The lowest BCUT2D eigenvalue weighted by molar-refractivity contribution is 0.489. The lowest BCUT2D eigenvalue weighted by Gasteiger charge is -2.18. The molecule has 0 amide bonds. The summed E-state index contributed by atoms with van der Waals surface area (Å²) < 4.78 is 30.0. The average Bonchev–Trinajstić information content (AvgIpc) is 2.29. The van der Waals surface area contributed by atoms with Crippen molar-refractivity contribution >= 4 is 10.0 Å². The molecule has 0 aromatic carbocycles. The van der Waals surface area contributed by atoms with Crippen molar-refractivity contribution in [2.24, 2.45) is 0 Å². The second-order valence-corrected chi connectivity index (χ2v) is 5.31. The average molecular weight is 204 g/mol. The Morgan fingerprint density at radius 3 is 2.46 bits per heavy atom. The topological polar surface area (TPSA) is 72.2 Å². The van der Waals surface area contributed by atoms with E-state index in [1.165, 1.54) is 0 Å². The first-order valence-corrected chi connectivity index (χ1v) is 5.22. The van der Waals surface area contributed by atoms with Crippen LogP contribution in [-0.4, -0.2) is 18.9 Å². The van der Waals surface area contributed by atoms with E-state index in [-0.39, 0.29) is 5.03 Å². The third kappa shape index (κ3) is 2.82. The molecule has 0 fully saturated rings. The molecule has 0 aliphatic heterocycles. The summed E-state index contributed by atoms with van der Waals surface area (Å²) >= 11 is 0. The molecule has 0 saturated carbocycles. The fraction of sp³-hybridized carbons (Fsp3) is 0.571. The van der Waals surface area contributed by atoms with Crippen molar-refractivity contribution in [3.63, 3.8) is 0 Å². The molecule has 1 aromatic heterocycles. The van der Waals surface area contributed by atoms with Crippen LogP contribution in [0.25, 0.3) is 0 Å². The zero-order valence-electron chi connectivity index (χ0n) is 7.73. The van der Waals surface area contributed by atoms with Crippen LogP contribution in [0, 0.1) is 0 Å². The Balaban J connectivity index is 2.93. The van der Waals surface area contributed by atoms with Gasteiger partial charge in [0.25, 0.3) is 10.0 Å². The Bertz CT molecular complexity index is 361. The Hall–Kier alpha value is -0.880. The van der Waals surface area contributed by atoms with Gasteiger partial charge in [0.1, 0.15) is 6.26 Å². The molecule has 0 saturated heterocycles. The molecule has 74 valence electrons. The van der Waals surface area contributed by atoms with E-state index in [4.69, 9.17) is 0 Å². The predicted molar refractivity (Wildman–Crippen MR) is 46.6 cm³/mol. The van der Waals surface area contributed by atoms with Gasteiger partial charge < -0.3 is 4.42 Å². The van der Waals surface area contributed by atoms with E-state index in [0.29, 0.717) is 0 Å².